The Morgan fingerprint density at radius 3 is 2.80 bits per heavy atom. The van der Waals surface area contributed by atoms with E-state index in [-0.39, 0.29) is 5.76 Å². The molecule has 134 valence electrons. The van der Waals surface area contributed by atoms with Gasteiger partial charge < -0.3 is 18.9 Å². The maximum Gasteiger partial charge on any atom is 0.377 e. The highest BCUT2D eigenvalue weighted by atomic mass is 32.1. The van der Waals surface area contributed by atoms with Crippen molar-refractivity contribution >= 4 is 17.3 Å². The smallest absolute Gasteiger partial charge is 0.377 e. The summed E-state index contributed by atoms with van der Waals surface area (Å²) in [6, 6.07) is 5.71. The summed E-state index contributed by atoms with van der Waals surface area (Å²) >= 11 is 1.53. The molecule has 0 unspecified atom stereocenters. The number of carbonyl (C=O) groups excluding carboxylic acids is 1. The van der Waals surface area contributed by atoms with Crippen LogP contribution in [-0.2, 0) is 25.6 Å². The van der Waals surface area contributed by atoms with Gasteiger partial charge in [-0.2, -0.15) is 0 Å². The van der Waals surface area contributed by atoms with Crippen molar-refractivity contribution in [1.29, 1.82) is 0 Å². The fourth-order valence-electron chi connectivity index (χ4n) is 2.00. The second-order valence-electron chi connectivity index (χ2n) is 5.07. The zero-order valence-electron chi connectivity index (χ0n) is 14.7. The zero-order chi connectivity index (χ0) is 18.2. The number of hydrogen-bond acceptors (Lipinski definition) is 7. The number of benzene rings is 1. The van der Waals surface area contributed by atoms with Gasteiger partial charge in [0.05, 0.1) is 26.5 Å². The van der Waals surface area contributed by atoms with Gasteiger partial charge >= 0.3 is 5.97 Å². The largest absolute Gasteiger partial charge is 0.500 e. The molecule has 0 radical (unpaired) electrons. The molecule has 2 aromatic rings. The van der Waals surface area contributed by atoms with Crippen LogP contribution in [-0.4, -0.2) is 31.8 Å². The molecule has 1 heterocycles. The molecule has 6 nitrogen and oxygen atoms in total. The second-order valence-corrected chi connectivity index (χ2v) is 5.93. The molecule has 1 aromatic carbocycles. The van der Waals surface area contributed by atoms with Gasteiger partial charge in [-0.25, -0.2) is 9.78 Å². The van der Waals surface area contributed by atoms with Crippen molar-refractivity contribution in [2.75, 3.05) is 20.8 Å². The van der Waals surface area contributed by atoms with E-state index in [0.717, 1.165) is 21.8 Å². The average molecular weight is 363 g/mol. The second kappa shape index (κ2) is 9.19. The summed E-state index contributed by atoms with van der Waals surface area (Å²) in [5, 5.41) is 2.82. The van der Waals surface area contributed by atoms with Crippen molar-refractivity contribution in [1.82, 2.24) is 4.98 Å². The summed E-state index contributed by atoms with van der Waals surface area (Å²) in [5.41, 5.74) is 2.66. The molecule has 0 aliphatic carbocycles. The molecule has 0 saturated carbocycles. The van der Waals surface area contributed by atoms with Crippen molar-refractivity contribution < 1.29 is 23.7 Å². The molecule has 7 heteroatoms. The number of ether oxygens (including phenoxy) is 4. The van der Waals surface area contributed by atoms with E-state index in [9.17, 15) is 4.79 Å². The number of nitrogens with zero attached hydrogens (tertiary/aromatic N) is 1. The Bertz CT molecular complexity index is 754. The minimum atomic E-state index is -0.611. The van der Waals surface area contributed by atoms with E-state index in [4.69, 9.17) is 18.9 Å². The van der Waals surface area contributed by atoms with E-state index in [1.165, 1.54) is 31.8 Å². The van der Waals surface area contributed by atoms with Gasteiger partial charge in [0, 0.05) is 17.6 Å². The summed E-state index contributed by atoms with van der Waals surface area (Å²) in [6.07, 6.45) is 1.21. The minimum Gasteiger partial charge on any atom is -0.500 e. The number of esters is 1. The van der Waals surface area contributed by atoms with Crippen LogP contribution in [0.25, 0.3) is 10.6 Å². The lowest BCUT2D eigenvalue weighted by Crippen LogP contribution is -2.11. The van der Waals surface area contributed by atoms with Crippen LogP contribution in [0, 0.1) is 6.92 Å². The third kappa shape index (κ3) is 5.04. The molecular formula is C18H21NO5S. The highest BCUT2D eigenvalue weighted by Gasteiger charge is 2.16. The number of hydrogen-bond donors (Lipinski definition) is 0. The number of methoxy groups -OCH3 is 2. The molecule has 0 atom stereocenters. The van der Waals surface area contributed by atoms with Crippen LogP contribution in [0.15, 0.2) is 35.6 Å². The van der Waals surface area contributed by atoms with Gasteiger partial charge in [0.15, 0.2) is 0 Å². The fraction of sp³-hybridized carbons (Fsp3) is 0.333. The van der Waals surface area contributed by atoms with Crippen molar-refractivity contribution in [3.63, 3.8) is 0 Å². The summed E-state index contributed by atoms with van der Waals surface area (Å²) in [6.45, 7) is 4.98. The van der Waals surface area contributed by atoms with E-state index in [2.05, 4.69) is 4.98 Å². The highest BCUT2D eigenvalue weighted by Crippen LogP contribution is 2.30. The first-order chi connectivity index (χ1) is 12.1. The third-order valence-corrected chi connectivity index (χ3v) is 4.21. The van der Waals surface area contributed by atoms with Crippen LogP contribution in [0.4, 0.5) is 0 Å². The third-order valence-electron chi connectivity index (χ3n) is 3.27. The maximum atomic E-state index is 11.8. The Morgan fingerprint density at radius 1 is 1.32 bits per heavy atom. The first kappa shape index (κ1) is 19.0. The summed E-state index contributed by atoms with van der Waals surface area (Å²) in [4.78, 5) is 16.3. The summed E-state index contributed by atoms with van der Waals surface area (Å²) in [7, 11) is 2.72. The molecule has 25 heavy (non-hydrogen) atoms. The monoisotopic (exact) mass is 363 g/mol. The molecule has 0 fully saturated rings. The van der Waals surface area contributed by atoms with Crippen LogP contribution in [0.1, 0.15) is 18.2 Å². The van der Waals surface area contributed by atoms with Gasteiger partial charge in [-0.1, -0.05) is 12.1 Å². The average Bonchev–Trinajstić information content (AvgIpc) is 3.09. The van der Waals surface area contributed by atoms with Crippen LogP contribution in [0.5, 0.6) is 5.75 Å². The summed E-state index contributed by atoms with van der Waals surface area (Å²) < 4.78 is 20.6. The van der Waals surface area contributed by atoms with E-state index < -0.39 is 5.97 Å². The van der Waals surface area contributed by atoms with Gasteiger partial charge in [-0.15, -0.1) is 11.3 Å². The number of aromatic nitrogens is 1. The number of carbonyl (C=O) groups is 1. The molecule has 0 amide bonds. The molecule has 0 aliphatic heterocycles. The molecular weight excluding hydrogens is 342 g/mol. The quantitative estimate of drug-likeness (QED) is 0.405. The SMILES string of the molecule is CCOCc1csc(-c2ccc(C)c(O/C(=C\OC)C(=O)OC)c2)n1. The molecule has 0 N–H and O–H groups in total. The predicted molar refractivity (Wildman–Crippen MR) is 95.4 cm³/mol. The standard InChI is InChI=1S/C18H21NO5S/c1-5-23-9-14-11-25-17(19-14)13-7-6-12(2)15(8-13)24-16(10-21-3)18(20)22-4/h6-8,10-11H,5,9H2,1-4H3/b16-10-. The Morgan fingerprint density at radius 2 is 2.12 bits per heavy atom. The van der Waals surface area contributed by atoms with E-state index in [1.807, 2.05) is 37.4 Å². The topological polar surface area (TPSA) is 66.9 Å². The molecule has 0 spiro atoms. The van der Waals surface area contributed by atoms with Gasteiger partial charge in [0.25, 0.3) is 0 Å². The summed E-state index contributed by atoms with van der Waals surface area (Å²) in [5.74, 6) is -0.103. The number of thiazole rings is 1. The van der Waals surface area contributed by atoms with Crippen molar-refractivity contribution in [2.24, 2.45) is 0 Å². The van der Waals surface area contributed by atoms with Crippen LogP contribution >= 0.6 is 11.3 Å². The van der Waals surface area contributed by atoms with Gasteiger partial charge in [-0.3, -0.25) is 0 Å². The minimum absolute atomic E-state index is 0.0265. The Hall–Kier alpha value is -2.38. The maximum absolute atomic E-state index is 11.8. The lowest BCUT2D eigenvalue weighted by Gasteiger charge is -2.11. The Balaban J connectivity index is 2.26. The van der Waals surface area contributed by atoms with Crippen LogP contribution < -0.4 is 4.74 Å². The van der Waals surface area contributed by atoms with Gasteiger partial charge in [0.1, 0.15) is 17.0 Å². The highest BCUT2D eigenvalue weighted by molar-refractivity contribution is 7.13. The van der Waals surface area contributed by atoms with Gasteiger partial charge in [-0.05, 0) is 25.5 Å². The zero-order valence-corrected chi connectivity index (χ0v) is 15.5. The molecule has 2 rings (SSSR count). The van der Waals surface area contributed by atoms with E-state index in [0.29, 0.717) is 19.0 Å². The Kier molecular flexibility index (Phi) is 6.97. The van der Waals surface area contributed by atoms with Gasteiger partial charge in [0.2, 0.25) is 5.76 Å². The first-order valence-electron chi connectivity index (χ1n) is 7.71. The lowest BCUT2D eigenvalue weighted by atomic mass is 10.1. The predicted octanol–water partition coefficient (Wildman–Crippen LogP) is 3.69. The Labute approximate surface area is 151 Å². The number of aryl methyl sites for hydroxylation is 1. The normalized spacial score (nSPS) is 11.3. The molecule has 0 aliphatic rings. The molecule has 0 bridgehead atoms. The van der Waals surface area contributed by atoms with E-state index >= 15 is 0 Å². The molecule has 1 aromatic heterocycles. The lowest BCUT2D eigenvalue weighted by molar-refractivity contribution is -0.138. The van der Waals surface area contributed by atoms with Crippen molar-refractivity contribution in [2.45, 2.75) is 20.5 Å². The van der Waals surface area contributed by atoms with Crippen LogP contribution in [0.2, 0.25) is 0 Å². The van der Waals surface area contributed by atoms with Crippen LogP contribution in [0.3, 0.4) is 0 Å². The molecule has 0 saturated heterocycles. The van der Waals surface area contributed by atoms with Crippen molar-refractivity contribution in [3.8, 4) is 16.3 Å². The number of rotatable bonds is 8. The fourth-order valence-corrected chi connectivity index (χ4v) is 2.80. The first-order valence-corrected chi connectivity index (χ1v) is 8.59. The van der Waals surface area contributed by atoms with Crippen molar-refractivity contribution in [3.05, 3.63) is 46.9 Å². The van der Waals surface area contributed by atoms with E-state index in [1.54, 1.807) is 0 Å².